The van der Waals surface area contributed by atoms with Gasteiger partial charge in [0.1, 0.15) is 0 Å². The molecule has 35 heavy (non-hydrogen) atoms. The zero-order valence-electron chi connectivity index (χ0n) is 22.7. The first-order valence-corrected chi connectivity index (χ1v) is 16.0. The van der Waals surface area contributed by atoms with Gasteiger partial charge in [-0.05, 0) is 19.3 Å². The highest BCUT2D eigenvalue weighted by Gasteiger charge is 2.24. The molecule has 0 aliphatic carbocycles. The van der Waals surface area contributed by atoms with Crippen molar-refractivity contribution in [2.45, 2.75) is 154 Å². The molecule has 0 aromatic carbocycles. The van der Waals surface area contributed by atoms with Crippen LogP contribution in [-0.4, -0.2) is 41.9 Å². The summed E-state index contributed by atoms with van der Waals surface area (Å²) >= 11 is 0. The van der Waals surface area contributed by atoms with Crippen LogP contribution >= 0.6 is 0 Å². The van der Waals surface area contributed by atoms with Gasteiger partial charge in [-0.1, -0.05) is 129 Å². The number of carbonyl (C=O) groups excluding carboxylic acids is 1. The summed E-state index contributed by atoms with van der Waals surface area (Å²) in [5.41, 5.74) is 0. The maximum Gasteiger partial charge on any atom is 0.267 e. The second-order valence-corrected chi connectivity index (χ2v) is 11.5. The van der Waals surface area contributed by atoms with Gasteiger partial charge in [0.15, 0.2) is 0 Å². The molecule has 0 aliphatic heterocycles. The lowest BCUT2D eigenvalue weighted by Crippen LogP contribution is -2.46. The molecule has 7 heteroatoms. The number of aliphatic hydroxyl groups is 1. The summed E-state index contributed by atoms with van der Waals surface area (Å²) in [6.45, 7) is 4.43. The van der Waals surface area contributed by atoms with Gasteiger partial charge in [0.25, 0.3) is 10.1 Å². The van der Waals surface area contributed by atoms with Gasteiger partial charge in [0.05, 0.1) is 17.9 Å². The average Bonchev–Trinajstić information content (AvgIpc) is 2.80. The van der Waals surface area contributed by atoms with Crippen molar-refractivity contribution >= 4 is 16.0 Å². The van der Waals surface area contributed by atoms with Crippen LogP contribution < -0.4 is 5.32 Å². The van der Waals surface area contributed by atoms with E-state index in [4.69, 9.17) is 0 Å². The van der Waals surface area contributed by atoms with Gasteiger partial charge in [-0.3, -0.25) is 9.35 Å². The second-order valence-electron chi connectivity index (χ2n) is 10.0. The summed E-state index contributed by atoms with van der Waals surface area (Å²) in [6.07, 6.45) is 24.8. The molecule has 0 aromatic heterocycles. The highest BCUT2D eigenvalue weighted by Crippen LogP contribution is 2.12. The first-order chi connectivity index (χ1) is 16.8. The Balaban J connectivity index is 4.15. The van der Waals surface area contributed by atoms with Crippen molar-refractivity contribution in [1.29, 1.82) is 0 Å². The number of rotatable bonds is 25. The SMILES string of the molecule is CCCCCCCCCCC/C=C/C(O)C(CS(=O)(=O)O)NC(=O)CCCCCCCCCCC. The van der Waals surface area contributed by atoms with E-state index in [9.17, 15) is 22.9 Å². The van der Waals surface area contributed by atoms with Gasteiger partial charge in [-0.2, -0.15) is 8.42 Å². The van der Waals surface area contributed by atoms with Crippen molar-refractivity contribution in [2.75, 3.05) is 5.75 Å². The highest BCUT2D eigenvalue weighted by atomic mass is 32.2. The number of unbranched alkanes of at least 4 members (excludes halogenated alkanes) is 17. The predicted octanol–water partition coefficient (Wildman–Crippen LogP) is 7.12. The molecule has 0 radical (unpaired) electrons. The number of hydrogen-bond donors (Lipinski definition) is 3. The third-order valence-electron chi connectivity index (χ3n) is 6.46. The molecular weight excluding hydrogens is 462 g/mol. The Morgan fingerprint density at radius 2 is 1.17 bits per heavy atom. The Hall–Kier alpha value is -0.920. The van der Waals surface area contributed by atoms with Gasteiger partial charge < -0.3 is 10.4 Å². The molecule has 3 N–H and O–H groups in total. The molecule has 0 aliphatic rings. The summed E-state index contributed by atoms with van der Waals surface area (Å²) in [7, 11) is -4.32. The molecule has 208 valence electrons. The van der Waals surface area contributed by atoms with Crippen LogP contribution in [0.2, 0.25) is 0 Å². The average molecular weight is 518 g/mol. The van der Waals surface area contributed by atoms with Crippen molar-refractivity contribution < 1.29 is 22.9 Å². The molecule has 2 unspecified atom stereocenters. The lowest BCUT2D eigenvalue weighted by molar-refractivity contribution is -0.122. The van der Waals surface area contributed by atoms with Crippen molar-refractivity contribution in [3.8, 4) is 0 Å². The summed E-state index contributed by atoms with van der Waals surface area (Å²) in [6, 6.07) is -1.05. The molecule has 0 spiro atoms. The monoisotopic (exact) mass is 517 g/mol. The Kier molecular flexibility index (Phi) is 22.9. The Bertz CT molecular complexity index is 621. The summed E-state index contributed by atoms with van der Waals surface area (Å²) in [4.78, 5) is 12.3. The second kappa shape index (κ2) is 23.5. The van der Waals surface area contributed by atoms with E-state index in [0.29, 0.717) is 6.42 Å². The standard InChI is InChI=1S/C28H55NO5S/c1-3-5-7-9-11-13-14-16-17-19-21-23-27(30)26(25-35(32,33)34)29-28(31)24-22-20-18-15-12-10-8-6-4-2/h21,23,26-27,30H,3-20,22,24-25H2,1-2H3,(H,29,31)(H,32,33,34)/b23-21+. The van der Waals surface area contributed by atoms with Gasteiger partial charge in [-0.15, -0.1) is 0 Å². The van der Waals surface area contributed by atoms with Crippen LogP contribution in [0, 0.1) is 0 Å². The fraction of sp³-hybridized carbons (Fsp3) is 0.893. The fourth-order valence-corrected chi connectivity index (χ4v) is 5.00. The third-order valence-corrected chi connectivity index (χ3v) is 7.24. The minimum absolute atomic E-state index is 0.284. The Morgan fingerprint density at radius 3 is 1.63 bits per heavy atom. The van der Waals surface area contributed by atoms with Crippen LogP contribution in [0.1, 0.15) is 142 Å². The van der Waals surface area contributed by atoms with Crippen LogP contribution in [0.3, 0.4) is 0 Å². The largest absolute Gasteiger partial charge is 0.387 e. The zero-order valence-corrected chi connectivity index (χ0v) is 23.5. The summed E-state index contributed by atoms with van der Waals surface area (Å²) in [5, 5.41) is 13.0. The first-order valence-electron chi connectivity index (χ1n) is 14.4. The summed E-state index contributed by atoms with van der Waals surface area (Å²) < 4.78 is 32.0. The highest BCUT2D eigenvalue weighted by molar-refractivity contribution is 7.85. The fourth-order valence-electron chi connectivity index (χ4n) is 4.27. The quantitative estimate of drug-likeness (QED) is 0.0679. The number of hydrogen-bond acceptors (Lipinski definition) is 4. The number of amides is 1. The van der Waals surface area contributed by atoms with Gasteiger partial charge >= 0.3 is 0 Å². The number of nitrogens with one attached hydrogen (secondary N) is 1. The van der Waals surface area contributed by atoms with Crippen LogP contribution in [-0.2, 0) is 14.9 Å². The van der Waals surface area contributed by atoms with E-state index in [2.05, 4.69) is 19.2 Å². The zero-order chi connectivity index (χ0) is 26.2. The lowest BCUT2D eigenvalue weighted by Gasteiger charge is -2.21. The van der Waals surface area contributed by atoms with Gasteiger partial charge in [-0.25, -0.2) is 0 Å². The van der Waals surface area contributed by atoms with Crippen LogP contribution in [0.4, 0.5) is 0 Å². The maximum absolute atomic E-state index is 12.3. The first kappa shape index (κ1) is 34.1. The van der Waals surface area contributed by atoms with Crippen LogP contribution in [0.15, 0.2) is 12.2 Å². The molecule has 1 amide bonds. The van der Waals surface area contributed by atoms with Crippen LogP contribution in [0.5, 0.6) is 0 Å². The topological polar surface area (TPSA) is 104 Å². The minimum Gasteiger partial charge on any atom is -0.387 e. The minimum atomic E-state index is -4.32. The number of aliphatic hydroxyl groups excluding tert-OH is 1. The van der Waals surface area contributed by atoms with E-state index in [0.717, 1.165) is 38.5 Å². The molecule has 0 bridgehead atoms. The van der Waals surface area contributed by atoms with E-state index in [1.165, 1.54) is 83.5 Å². The van der Waals surface area contributed by atoms with E-state index in [-0.39, 0.29) is 5.91 Å². The summed E-state index contributed by atoms with van der Waals surface area (Å²) in [5.74, 6) is -0.979. The molecule has 0 rings (SSSR count). The molecule has 2 atom stereocenters. The molecular formula is C28H55NO5S. The molecule has 6 nitrogen and oxygen atoms in total. The lowest BCUT2D eigenvalue weighted by atomic mass is 10.1. The number of carbonyl (C=O) groups is 1. The molecule has 0 saturated carbocycles. The van der Waals surface area contributed by atoms with Gasteiger partial charge in [0.2, 0.25) is 5.91 Å². The normalized spacial score (nSPS) is 13.8. The van der Waals surface area contributed by atoms with E-state index < -0.39 is 28.0 Å². The smallest absolute Gasteiger partial charge is 0.267 e. The van der Waals surface area contributed by atoms with Crippen molar-refractivity contribution in [3.05, 3.63) is 12.2 Å². The number of allylic oxidation sites excluding steroid dienone is 1. The third kappa shape index (κ3) is 24.5. The van der Waals surface area contributed by atoms with E-state index in [1.807, 2.05) is 6.08 Å². The Morgan fingerprint density at radius 1 is 0.743 bits per heavy atom. The molecule has 0 aromatic rings. The maximum atomic E-state index is 12.3. The molecule has 0 fully saturated rings. The van der Waals surface area contributed by atoms with Crippen LogP contribution in [0.25, 0.3) is 0 Å². The molecule has 0 saturated heterocycles. The Labute approximate surface area is 216 Å². The van der Waals surface area contributed by atoms with Crippen molar-refractivity contribution in [2.24, 2.45) is 0 Å². The van der Waals surface area contributed by atoms with Crippen molar-refractivity contribution in [3.63, 3.8) is 0 Å². The predicted molar refractivity (Wildman–Crippen MR) is 147 cm³/mol. The van der Waals surface area contributed by atoms with Crippen molar-refractivity contribution in [1.82, 2.24) is 5.32 Å². The molecule has 0 heterocycles. The van der Waals surface area contributed by atoms with E-state index >= 15 is 0 Å². The van der Waals surface area contributed by atoms with E-state index in [1.54, 1.807) is 6.08 Å². The van der Waals surface area contributed by atoms with Gasteiger partial charge in [0, 0.05) is 6.42 Å².